The molecule has 1 amide bonds. The molecular weight excluding hydrogens is 302 g/mol. The molecule has 0 aliphatic rings. The number of likely N-dealkylation sites (N-methyl/N-ethyl adjacent to an activating group) is 1. The topological polar surface area (TPSA) is 53.6 Å². The van der Waals surface area contributed by atoms with Crippen LogP contribution in [0.25, 0.3) is 10.8 Å². The fourth-order valence-electron chi connectivity index (χ4n) is 2.77. The van der Waals surface area contributed by atoms with Gasteiger partial charge in [-0.1, -0.05) is 38.1 Å². The molecule has 0 fully saturated rings. The maximum Gasteiger partial charge on any atom is 0.250 e. The number of methoxy groups -OCH3 is 1. The van der Waals surface area contributed by atoms with Gasteiger partial charge in [-0.25, -0.2) is 0 Å². The van der Waals surface area contributed by atoms with Crippen LogP contribution >= 0.6 is 0 Å². The van der Waals surface area contributed by atoms with Crippen molar-refractivity contribution in [3.63, 3.8) is 0 Å². The van der Waals surface area contributed by atoms with Crippen molar-refractivity contribution < 1.29 is 9.53 Å². The van der Waals surface area contributed by atoms with Crippen LogP contribution in [0.1, 0.15) is 13.8 Å². The van der Waals surface area contributed by atoms with Crippen molar-refractivity contribution in [2.24, 2.45) is 0 Å². The predicted molar refractivity (Wildman–Crippen MR) is 101 cm³/mol. The molecule has 0 radical (unpaired) electrons. The third-order valence-electron chi connectivity index (χ3n) is 4.11. The molecule has 0 atom stereocenters. The molecule has 0 spiro atoms. The Hall–Kier alpha value is -2.11. The zero-order valence-corrected chi connectivity index (χ0v) is 14.8. The second-order valence-electron chi connectivity index (χ2n) is 5.64. The van der Waals surface area contributed by atoms with Gasteiger partial charge in [-0.15, -0.1) is 0 Å². The molecule has 0 heterocycles. The van der Waals surface area contributed by atoms with Crippen LogP contribution in [0.4, 0.5) is 11.4 Å². The molecule has 2 aromatic carbocycles. The molecule has 5 heteroatoms. The van der Waals surface area contributed by atoms with Crippen molar-refractivity contribution in [2.75, 3.05) is 50.5 Å². The number of anilines is 2. The lowest BCUT2D eigenvalue weighted by atomic mass is 10.1. The van der Waals surface area contributed by atoms with E-state index in [1.165, 1.54) is 7.11 Å². The number of carbonyl (C=O) groups is 1. The van der Waals surface area contributed by atoms with Crippen LogP contribution in [-0.2, 0) is 9.53 Å². The molecule has 130 valence electrons. The van der Waals surface area contributed by atoms with E-state index in [9.17, 15) is 4.79 Å². The Morgan fingerprint density at radius 2 is 1.67 bits per heavy atom. The van der Waals surface area contributed by atoms with Gasteiger partial charge in [0.15, 0.2) is 0 Å². The molecular formula is C19H27N3O2. The molecule has 2 aromatic rings. The van der Waals surface area contributed by atoms with Gasteiger partial charge in [0, 0.05) is 42.3 Å². The van der Waals surface area contributed by atoms with E-state index in [4.69, 9.17) is 4.74 Å². The molecule has 24 heavy (non-hydrogen) atoms. The second kappa shape index (κ2) is 9.25. The van der Waals surface area contributed by atoms with Crippen LogP contribution in [0, 0.1) is 0 Å². The molecule has 5 nitrogen and oxygen atoms in total. The van der Waals surface area contributed by atoms with Crippen LogP contribution in [0.15, 0.2) is 36.4 Å². The number of hydrogen-bond acceptors (Lipinski definition) is 4. The number of rotatable bonds is 9. The molecule has 2 N–H and O–H groups in total. The minimum Gasteiger partial charge on any atom is -0.383 e. The lowest BCUT2D eigenvalue weighted by Gasteiger charge is -2.19. The standard InChI is InChI=1S/C19H27N3O2/c1-4-22(5-2)13-12-20-17-10-11-18(21-19(23)14-24-3)16-9-7-6-8-15(16)17/h6-11,20H,4-5,12-14H2,1-3H3,(H,21,23). The first-order chi connectivity index (χ1) is 11.7. The van der Waals surface area contributed by atoms with E-state index >= 15 is 0 Å². The van der Waals surface area contributed by atoms with Gasteiger partial charge < -0.3 is 20.3 Å². The highest BCUT2D eigenvalue weighted by atomic mass is 16.5. The average molecular weight is 329 g/mol. The molecule has 0 bridgehead atoms. The maximum absolute atomic E-state index is 11.8. The largest absolute Gasteiger partial charge is 0.383 e. The van der Waals surface area contributed by atoms with Gasteiger partial charge in [0.05, 0.1) is 0 Å². The first kappa shape index (κ1) is 18.2. The van der Waals surface area contributed by atoms with Crippen molar-refractivity contribution in [3.05, 3.63) is 36.4 Å². The molecule has 0 saturated carbocycles. The van der Waals surface area contributed by atoms with Crippen LogP contribution in [0.3, 0.4) is 0 Å². The molecule has 0 aliphatic carbocycles. The zero-order valence-electron chi connectivity index (χ0n) is 14.8. The lowest BCUT2D eigenvalue weighted by Crippen LogP contribution is -2.28. The van der Waals surface area contributed by atoms with Crippen molar-refractivity contribution in [1.82, 2.24) is 4.90 Å². The Kier molecular flexibility index (Phi) is 7.03. The summed E-state index contributed by atoms with van der Waals surface area (Å²) in [5, 5.41) is 8.55. The van der Waals surface area contributed by atoms with Gasteiger partial charge in [-0.05, 0) is 25.2 Å². The highest BCUT2D eigenvalue weighted by molar-refractivity contribution is 6.06. The fourth-order valence-corrected chi connectivity index (χ4v) is 2.77. The Balaban J connectivity index is 2.16. The van der Waals surface area contributed by atoms with Gasteiger partial charge in [0.1, 0.15) is 6.61 Å². The number of benzene rings is 2. The summed E-state index contributed by atoms with van der Waals surface area (Å²) >= 11 is 0. The van der Waals surface area contributed by atoms with Crippen LogP contribution in [0.5, 0.6) is 0 Å². The number of amides is 1. The summed E-state index contributed by atoms with van der Waals surface area (Å²) in [5.41, 5.74) is 1.89. The first-order valence-corrected chi connectivity index (χ1v) is 8.46. The van der Waals surface area contributed by atoms with E-state index in [0.717, 1.165) is 48.3 Å². The van der Waals surface area contributed by atoms with E-state index in [-0.39, 0.29) is 12.5 Å². The number of ether oxygens (including phenoxy) is 1. The second-order valence-corrected chi connectivity index (χ2v) is 5.64. The summed E-state index contributed by atoms with van der Waals surface area (Å²) in [7, 11) is 1.51. The summed E-state index contributed by atoms with van der Waals surface area (Å²) in [4.78, 5) is 14.2. The number of carbonyl (C=O) groups excluding carboxylic acids is 1. The van der Waals surface area contributed by atoms with Gasteiger partial charge in [0.25, 0.3) is 0 Å². The molecule has 0 saturated heterocycles. The van der Waals surface area contributed by atoms with E-state index in [0.29, 0.717) is 0 Å². The Bertz CT molecular complexity index is 669. The van der Waals surface area contributed by atoms with Crippen LogP contribution in [0.2, 0.25) is 0 Å². The Labute approximate surface area is 144 Å². The quantitative estimate of drug-likeness (QED) is 0.742. The predicted octanol–water partition coefficient (Wildman–Crippen LogP) is 3.18. The van der Waals surface area contributed by atoms with Gasteiger partial charge in [-0.2, -0.15) is 0 Å². The van der Waals surface area contributed by atoms with Gasteiger partial charge >= 0.3 is 0 Å². The van der Waals surface area contributed by atoms with E-state index < -0.39 is 0 Å². The van der Waals surface area contributed by atoms with Gasteiger partial charge in [-0.3, -0.25) is 4.79 Å². The summed E-state index contributed by atoms with van der Waals surface area (Å²) in [5.74, 6) is -0.148. The van der Waals surface area contributed by atoms with Crippen LogP contribution in [-0.4, -0.2) is 50.7 Å². The van der Waals surface area contributed by atoms with Crippen molar-refractivity contribution in [1.29, 1.82) is 0 Å². The lowest BCUT2D eigenvalue weighted by molar-refractivity contribution is -0.119. The number of fused-ring (bicyclic) bond motifs is 1. The minimum absolute atomic E-state index is 0.0538. The average Bonchev–Trinajstić information content (AvgIpc) is 2.60. The smallest absolute Gasteiger partial charge is 0.250 e. The van der Waals surface area contributed by atoms with E-state index in [1.807, 2.05) is 30.3 Å². The summed E-state index contributed by atoms with van der Waals surface area (Å²) in [6.45, 7) is 8.42. The minimum atomic E-state index is -0.148. The monoisotopic (exact) mass is 329 g/mol. The molecule has 0 aliphatic heterocycles. The summed E-state index contributed by atoms with van der Waals surface area (Å²) < 4.78 is 4.88. The number of nitrogens with zero attached hydrogens (tertiary/aromatic N) is 1. The Morgan fingerprint density at radius 3 is 2.29 bits per heavy atom. The van der Waals surface area contributed by atoms with Crippen molar-refractivity contribution in [3.8, 4) is 0 Å². The highest BCUT2D eigenvalue weighted by Gasteiger charge is 2.08. The molecule has 2 rings (SSSR count). The maximum atomic E-state index is 11.8. The van der Waals surface area contributed by atoms with Crippen molar-refractivity contribution >= 4 is 28.1 Å². The summed E-state index contributed by atoms with van der Waals surface area (Å²) in [6, 6.07) is 12.0. The van der Waals surface area contributed by atoms with Gasteiger partial charge in [0.2, 0.25) is 5.91 Å². The first-order valence-electron chi connectivity index (χ1n) is 8.46. The SMILES string of the molecule is CCN(CC)CCNc1ccc(NC(=O)COC)c2ccccc12. The molecule has 0 aromatic heterocycles. The Morgan fingerprint density at radius 1 is 1.04 bits per heavy atom. The normalized spacial score (nSPS) is 11.0. The fraction of sp³-hybridized carbons (Fsp3) is 0.421. The van der Waals surface area contributed by atoms with E-state index in [1.54, 1.807) is 0 Å². The number of hydrogen-bond donors (Lipinski definition) is 2. The highest BCUT2D eigenvalue weighted by Crippen LogP contribution is 2.29. The van der Waals surface area contributed by atoms with E-state index in [2.05, 4.69) is 35.4 Å². The van der Waals surface area contributed by atoms with Crippen LogP contribution < -0.4 is 10.6 Å². The van der Waals surface area contributed by atoms with Crippen molar-refractivity contribution in [2.45, 2.75) is 13.8 Å². The summed E-state index contributed by atoms with van der Waals surface area (Å²) in [6.07, 6.45) is 0. The number of nitrogens with one attached hydrogen (secondary N) is 2. The third-order valence-corrected chi connectivity index (χ3v) is 4.11. The zero-order chi connectivity index (χ0) is 17.4. The third kappa shape index (κ3) is 4.69. The molecule has 0 unspecified atom stereocenters.